The number of hydrogen-bond acceptors (Lipinski definition) is 3. The van der Waals surface area contributed by atoms with E-state index in [1.54, 1.807) is 0 Å². The first-order chi connectivity index (χ1) is 8.43. The number of carbonyl (C=O) groups is 1. The van der Waals surface area contributed by atoms with E-state index >= 15 is 0 Å². The number of carbonyl (C=O) groups excluding carboxylic acids is 1. The summed E-state index contributed by atoms with van der Waals surface area (Å²) in [4.78, 5) is 12.3. The zero-order valence-electron chi connectivity index (χ0n) is 9.87. The van der Waals surface area contributed by atoms with Crippen molar-refractivity contribution in [3.63, 3.8) is 0 Å². The van der Waals surface area contributed by atoms with Crippen molar-refractivity contribution in [1.29, 1.82) is 0 Å². The molecule has 0 aliphatic carbocycles. The number of halogens is 2. The maximum Gasteiger partial charge on any atom is 0.234 e. The van der Waals surface area contributed by atoms with Gasteiger partial charge in [-0.05, 0) is 63.6 Å². The first kappa shape index (κ1) is 14.2. The lowest BCUT2D eigenvalue weighted by Gasteiger charge is -2.25. The van der Waals surface area contributed by atoms with E-state index in [9.17, 15) is 4.79 Å². The number of benzene rings is 1. The predicted octanol–water partition coefficient (Wildman–Crippen LogP) is 2.36. The Kier molecular flexibility index (Phi) is 4.30. The molecule has 1 amide bonds. The summed E-state index contributed by atoms with van der Waals surface area (Å²) >= 11 is 5.65. The van der Waals surface area contributed by atoms with Crippen molar-refractivity contribution in [2.24, 2.45) is 11.1 Å². The van der Waals surface area contributed by atoms with Crippen molar-refractivity contribution < 1.29 is 9.53 Å². The van der Waals surface area contributed by atoms with Crippen LogP contribution in [0.5, 0.6) is 0 Å². The summed E-state index contributed by atoms with van der Waals surface area (Å²) in [6.45, 7) is 2.63. The summed E-state index contributed by atoms with van der Waals surface area (Å²) < 4.78 is 7.24. The fourth-order valence-corrected chi connectivity index (χ4v) is 3.18. The maximum atomic E-state index is 12.3. The van der Waals surface area contributed by atoms with Crippen LogP contribution >= 0.6 is 38.5 Å². The monoisotopic (exact) mass is 424 g/mol. The average Bonchev–Trinajstić information content (AvgIpc) is 2.64. The van der Waals surface area contributed by atoms with Gasteiger partial charge in [0.1, 0.15) is 0 Å². The van der Waals surface area contributed by atoms with E-state index in [-0.39, 0.29) is 11.9 Å². The third-order valence-corrected chi connectivity index (χ3v) is 4.54. The molecule has 3 N–H and O–H groups in total. The van der Waals surface area contributed by atoms with Gasteiger partial charge >= 0.3 is 0 Å². The Morgan fingerprint density at radius 3 is 2.94 bits per heavy atom. The first-order valence-electron chi connectivity index (χ1n) is 5.53. The quantitative estimate of drug-likeness (QED) is 0.716. The molecule has 98 valence electrons. The first-order valence-corrected chi connectivity index (χ1v) is 7.40. The van der Waals surface area contributed by atoms with E-state index < -0.39 is 5.41 Å². The summed E-state index contributed by atoms with van der Waals surface area (Å²) in [5, 5.41) is 2.90. The molecule has 0 saturated carbocycles. The molecule has 2 atom stereocenters. The van der Waals surface area contributed by atoms with Crippen LogP contribution in [-0.2, 0) is 9.53 Å². The molecule has 0 bridgehead atoms. The minimum absolute atomic E-state index is 0.102. The van der Waals surface area contributed by atoms with Gasteiger partial charge in [-0.2, -0.15) is 0 Å². The van der Waals surface area contributed by atoms with E-state index in [0.29, 0.717) is 13.2 Å². The number of anilines is 1. The van der Waals surface area contributed by atoms with Crippen LogP contribution in [0, 0.1) is 8.99 Å². The van der Waals surface area contributed by atoms with Crippen LogP contribution in [0.3, 0.4) is 0 Å². The number of nitrogens with two attached hydrogens (primary N) is 1. The van der Waals surface area contributed by atoms with Crippen LogP contribution in [0.1, 0.15) is 6.92 Å². The number of hydrogen-bond donors (Lipinski definition) is 2. The zero-order valence-corrected chi connectivity index (χ0v) is 13.6. The molecule has 2 unspecified atom stereocenters. The molecular weight excluding hydrogens is 411 g/mol. The van der Waals surface area contributed by atoms with Gasteiger partial charge in [0.05, 0.1) is 24.3 Å². The van der Waals surface area contributed by atoms with E-state index in [1.165, 1.54) is 0 Å². The van der Waals surface area contributed by atoms with Crippen molar-refractivity contribution >= 4 is 50.1 Å². The molecule has 18 heavy (non-hydrogen) atoms. The average molecular weight is 425 g/mol. The van der Waals surface area contributed by atoms with Gasteiger partial charge in [0.15, 0.2) is 0 Å². The lowest BCUT2D eigenvalue weighted by molar-refractivity contribution is -0.125. The molecule has 0 aromatic heterocycles. The molecule has 6 heteroatoms. The van der Waals surface area contributed by atoms with Gasteiger partial charge < -0.3 is 15.8 Å². The molecule has 1 heterocycles. The molecule has 2 rings (SSSR count). The highest BCUT2D eigenvalue weighted by atomic mass is 127. The fraction of sp³-hybridized carbons (Fsp3) is 0.417. The summed E-state index contributed by atoms with van der Waals surface area (Å²) in [6, 6.07) is 5.49. The second-order valence-corrected chi connectivity index (χ2v) is 6.72. The van der Waals surface area contributed by atoms with Crippen molar-refractivity contribution in [2.45, 2.75) is 13.0 Å². The van der Waals surface area contributed by atoms with Gasteiger partial charge in [-0.3, -0.25) is 4.79 Å². The third kappa shape index (κ3) is 2.71. The van der Waals surface area contributed by atoms with Gasteiger partial charge in [0.25, 0.3) is 0 Å². The van der Waals surface area contributed by atoms with Gasteiger partial charge in [0, 0.05) is 14.1 Å². The van der Waals surface area contributed by atoms with Crippen molar-refractivity contribution in [1.82, 2.24) is 0 Å². The van der Waals surface area contributed by atoms with E-state index in [0.717, 1.165) is 13.7 Å². The largest absolute Gasteiger partial charge is 0.379 e. The molecule has 0 spiro atoms. The topological polar surface area (TPSA) is 64.3 Å². The standard InChI is InChI=1S/C12H14BrIN2O2/c1-12(6-18-5-10(12)15)11(17)16-9-3-2-7(14)4-8(9)13/h2-4,10H,5-6,15H2,1H3,(H,16,17). The Balaban J connectivity index is 2.16. The Hall–Kier alpha value is -0.180. The Morgan fingerprint density at radius 2 is 2.39 bits per heavy atom. The summed E-state index contributed by atoms with van der Waals surface area (Å²) in [5.41, 5.74) is 6.02. The minimum Gasteiger partial charge on any atom is -0.379 e. The Morgan fingerprint density at radius 1 is 1.67 bits per heavy atom. The molecule has 1 aromatic rings. The molecule has 1 saturated heterocycles. The highest BCUT2D eigenvalue weighted by Crippen LogP contribution is 2.31. The number of nitrogens with one attached hydrogen (secondary N) is 1. The second kappa shape index (κ2) is 5.44. The Bertz CT molecular complexity index is 483. The third-order valence-electron chi connectivity index (χ3n) is 3.22. The van der Waals surface area contributed by atoms with Crippen molar-refractivity contribution in [3.05, 3.63) is 26.2 Å². The van der Waals surface area contributed by atoms with Crippen LogP contribution in [-0.4, -0.2) is 25.2 Å². The lowest BCUT2D eigenvalue weighted by atomic mass is 9.85. The van der Waals surface area contributed by atoms with E-state index in [1.807, 2.05) is 25.1 Å². The summed E-state index contributed by atoms with van der Waals surface area (Å²) in [5.74, 6) is -0.102. The second-order valence-electron chi connectivity index (χ2n) is 4.62. The zero-order chi connectivity index (χ0) is 13.3. The predicted molar refractivity (Wildman–Crippen MR) is 82.4 cm³/mol. The summed E-state index contributed by atoms with van der Waals surface area (Å²) in [7, 11) is 0. The van der Waals surface area contributed by atoms with Gasteiger partial charge in [-0.15, -0.1) is 0 Å². The van der Waals surface area contributed by atoms with Gasteiger partial charge in [-0.25, -0.2) is 0 Å². The molecule has 1 aliphatic rings. The molecular formula is C12H14BrIN2O2. The highest BCUT2D eigenvalue weighted by Gasteiger charge is 2.44. The smallest absolute Gasteiger partial charge is 0.234 e. The molecule has 1 aromatic carbocycles. The number of amides is 1. The molecule has 1 fully saturated rings. The fourth-order valence-electron chi connectivity index (χ4n) is 1.78. The molecule has 4 nitrogen and oxygen atoms in total. The molecule has 0 radical (unpaired) electrons. The lowest BCUT2D eigenvalue weighted by Crippen LogP contribution is -2.47. The van der Waals surface area contributed by atoms with Crippen LogP contribution in [0.2, 0.25) is 0 Å². The SMILES string of the molecule is CC1(C(=O)Nc2ccc(I)cc2Br)COCC1N. The number of rotatable bonds is 2. The van der Waals surface area contributed by atoms with Crippen LogP contribution in [0.4, 0.5) is 5.69 Å². The minimum atomic E-state index is -0.664. The number of ether oxygens (including phenoxy) is 1. The van der Waals surface area contributed by atoms with Crippen LogP contribution in [0.25, 0.3) is 0 Å². The van der Waals surface area contributed by atoms with Crippen LogP contribution in [0.15, 0.2) is 22.7 Å². The van der Waals surface area contributed by atoms with Gasteiger partial charge in [-0.1, -0.05) is 0 Å². The highest BCUT2D eigenvalue weighted by molar-refractivity contribution is 14.1. The van der Waals surface area contributed by atoms with Gasteiger partial charge in [0.2, 0.25) is 5.91 Å². The van der Waals surface area contributed by atoms with Crippen molar-refractivity contribution in [3.8, 4) is 0 Å². The van der Waals surface area contributed by atoms with Crippen molar-refractivity contribution in [2.75, 3.05) is 18.5 Å². The molecule has 1 aliphatic heterocycles. The summed E-state index contributed by atoms with van der Waals surface area (Å²) in [6.07, 6.45) is 0. The Labute approximate surface area is 128 Å². The normalized spacial score (nSPS) is 27.2. The van der Waals surface area contributed by atoms with E-state index in [2.05, 4.69) is 43.8 Å². The maximum absolute atomic E-state index is 12.3. The van der Waals surface area contributed by atoms with Crippen LogP contribution < -0.4 is 11.1 Å². The van der Waals surface area contributed by atoms with E-state index in [4.69, 9.17) is 10.5 Å².